The third kappa shape index (κ3) is 6.38. The number of carbonyl (C=O) groups is 2. The van der Waals surface area contributed by atoms with Crippen molar-refractivity contribution in [3.8, 4) is 11.5 Å². The summed E-state index contributed by atoms with van der Waals surface area (Å²) in [6.45, 7) is 2.01. The summed E-state index contributed by atoms with van der Waals surface area (Å²) in [4.78, 5) is 31.3. The van der Waals surface area contributed by atoms with Gasteiger partial charge < -0.3 is 30.2 Å². The Morgan fingerprint density at radius 1 is 1.05 bits per heavy atom. The second kappa shape index (κ2) is 12.5. The van der Waals surface area contributed by atoms with E-state index < -0.39 is 17.1 Å². The Hall–Kier alpha value is -4.32. The van der Waals surface area contributed by atoms with E-state index in [4.69, 9.17) is 14.2 Å². The van der Waals surface area contributed by atoms with E-state index in [0.717, 1.165) is 33.8 Å². The zero-order valence-corrected chi connectivity index (χ0v) is 24.3. The van der Waals surface area contributed by atoms with Crippen molar-refractivity contribution in [1.29, 1.82) is 0 Å². The Kier molecular flexibility index (Phi) is 8.37. The second-order valence-electron chi connectivity index (χ2n) is 10.5. The quantitative estimate of drug-likeness (QED) is 0.131. The van der Waals surface area contributed by atoms with E-state index >= 15 is 4.39 Å². The molecular weight excluding hydrogens is 571 g/mol. The van der Waals surface area contributed by atoms with E-state index in [0.29, 0.717) is 37.4 Å². The fraction of sp³-hybridized carbons (Fsp3) is 0.281. The lowest BCUT2D eigenvalue weighted by molar-refractivity contribution is -0.131. The first-order chi connectivity index (χ1) is 20.9. The number of anilines is 2. The van der Waals surface area contributed by atoms with Gasteiger partial charge >= 0.3 is 0 Å². The van der Waals surface area contributed by atoms with Crippen LogP contribution in [0.1, 0.15) is 30.2 Å². The molecular formula is C32H31FN4O5S. The van der Waals surface area contributed by atoms with Crippen LogP contribution in [-0.4, -0.2) is 43.6 Å². The number of pyridine rings is 1. The van der Waals surface area contributed by atoms with Crippen molar-refractivity contribution in [3.63, 3.8) is 0 Å². The van der Waals surface area contributed by atoms with Gasteiger partial charge in [-0.05, 0) is 49.2 Å². The fourth-order valence-corrected chi connectivity index (χ4v) is 5.96. The largest absolute Gasteiger partial charge is 0.488 e. The molecule has 11 heteroatoms. The number of carbonyl (C=O) groups excluding carboxylic acids is 2. The molecule has 1 aliphatic heterocycles. The number of nitrogens with zero attached hydrogens (tertiary/aromatic N) is 1. The fourth-order valence-electron chi connectivity index (χ4n) is 4.85. The standard InChI is InChI=1S/C32H31FN4O5S/c1-40-16-15-34-19-22-8-10-26(41-22)28-18-24-29(43-28)27(11-14-35-24)42-25-9-7-21(17-23(25)33)37-31(39)32(12-13-32)30(38)36-20-5-3-2-4-6-20/h2-9,11,14,17-18,26,34H,10,12-13,15-16,19H2,1H3,(H,36,38)(H,37,39). The van der Waals surface area contributed by atoms with Crippen molar-refractivity contribution in [1.82, 2.24) is 10.3 Å². The van der Waals surface area contributed by atoms with Crippen molar-refractivity contribution in [2.75, 3.05) is 37.4 Å². The van der Waals surface area contributed by atoms with E-state index in [1.165, 1.54) is 23.5 Å². The monoisotopic (exact) mass is 602 g/mol. The number of thiophene rings is 1. The van der Waals surface area contributed by atoms with Gasteiger partial charge in [0.1, 0.15) is 23.0 Å². The van der Waals surface area contributed by atoms with Crippen LogP contribution in [0.15, 0.2) is 78.7 Å². The molecule has 2 aromatic heterocycles. The Bertz CT molecular complexity index is 1670. The molecule has 1 aliphatic carbocycles. The summed E-state index contributed by atoms with van der Waals surface area (Å²) in [6.07, 6.45) is 5.19. The Balaban J connectivity index is 1.10. The van der Waals surface area contributed by atoms with E-state index in [9.17, 15) is 9.59 Å². The molecule has 3 N–H and O–H groups in total. The van der Waals surface area contributed by atoms with Gasteiger partial charge in [-0.3, -0.25) is 14.6 Å². The number of nitrogens with one attached hydrogen (secondary N) is 3. The molecule has 0 saturated heterocycles. The van der Waals surface area contributed by atoms with Crippen molar-refractivity contribution in [2.45, 2.75) is 25.4 Å². The molecule has 1 atom stereocenters. The normalized spacial score (nSPS) is 16.8. The first-order valence-corrected chi connectivity index (χ1v) is 14.9. The third-order valence-corrected chi connectivity index (χ3v) is 8.64. The summed E-state index contributed by atoms with van der Waals surface area (Å²) in [5.41, 5.74) is 0.428. The first kappa shape index (κ1) is 28.8. The van der Waals surface area contributed by atoms with Crippen LogP contribution >= 0.6 is 11.3 Å². The number of fused-ring (bicyclic) bond motifs is 1. The molecule has 0 spiro atoms. The van der Waals surface area contributed by atoms with Gasteiger partial charge in [-0.1, -0.05) is 18.2 Å². The van der Waals surface area contributed by atoms with Crippen molar-refractivity contribution >= 4 is 44.7 Å². The summed E-state index contributed by atoms with van der Waals surface area (Å²) in [5, 5.41) is 8.77. The summed E-state index contributed by atoms with van der Waals surface area (Å²) in [5.74, 6) is -0.116. The highest BCUT2D eigenvalue weighted by Crippen LogP contribution is 2.48. The minimum absolute atomic E-state index is 0.00612. The highest BCUT2D eigenvalue weighted by Gasteiger charge is 2.56. The minimum atomic E-state index is -1.17. The van der Waals surface area contributed by atoms with E-state index in [1.807, 2.05) is 12.1 Å². The molecule has 1 saturated carbocycles. The number of halogens is 1. The smallest absolute Gasteiger partial charge is 0.240 e. The average Bonchev–Trinajstić information content (AvgIpc) is 3.49. The molecule has 6 rings (SSSR count). The van der Waals surface area contributed by atoms with Gasteiger partial charge in [0.25, 0.3) is 0 Å². The first-order valence-electron chi connectivity index (χ1n) is 14.0. The van der Waals surface area contributed by atoms with E-state index in [2.05, 4.69) is 27.0 Å². The van der Waals surface area contributed by atoms with Crippen LogP contribution in [0.2, 0.25) is 0 Å². The van der Waals surface area contributed by atoms with Gasteiger partial charge in [0.15, 0.2) is 11.6 Å². The number of methoxy groups -OCH3 is 1. The zero-order valence-electron chi connectivity index (χ0n) is 23.5. The molecule has 1 unspecified atom stereocenters. The van der Waals surface area contributed by atoms with Crippen LogP contribution in [0, 0.1) is 11.2 Å². The zero-order chi connectivity index (χ0) is 29.8. The summed E-state index contributed by atoms with van der Waals surface area (Å²) < 4.78 is 33.1. The average molecular weight is 603 g/mol. The Labute approximate surface area is 252 Å². The summed E-state index contributed by atoms with van der Waals surface area (Å²) >= 11 is 1.50. The van der Waals surface area contributed by atoms with Gasteiger partial charge in [-0.15, -0.1) is 11.3 Å². The van der Waals surface area contributed by atoms with Crippen LogP contribution in [0.25, 0.3) is 10.2 Å². The van der Waals surface area contributed by atoms with Crippen molar-refractivity contribution in [2.24, 2.45) is 5.41 Å². The highest BCUT2D eigenvalue weighted by atomic mass is 32.1. The lowest BCUT2D eigenvalue weighted by atomic mass is 10.0. The molecule has 4 aromatic rings. The molecule has 9 nitrogen and oxygen atoms in total. The van der Waals surface area contributed by atoms with Crippen LogP contribution in [-0.2, 0) is 19.1 Å². The number of hydrogen-bond donors (Lipinski definition) is 3. The predicted molar refractivity (Wildman–Crippen MR) is 163 cm³/mol. The summed E-state index contributed by atoms with van der Waals surface area (Å²) in [7, 11) is 1.67. The number of aromatic nitrogens is 1. The predicted octanol–water partition coefficient (Wildman–Crippen LogP) is 6.17. The maximum atomic E-state index is 15.2. The lowest BCUT2D eigenvalue weighted by Crippen LogP contribution is -2.35. The van der Waals surface area contributed by atoms with Crippen LogP contribution in [0.3, 0.4) is 0 Å². The Morgan fingerprint density at radius 2 is 1.84 bits per heavy atom. The van der Waals surface area contributed by atoms with Gasteiger partial charge in [0.2, 0.25) is 11.8 Å². The van der Waals surface area contributed by atoms with Crippen molar-refractivity contribution < 1.29 is 28.2 Å². The number of rotatable bonds is 12. The SMILES string of the molecule is COCCNCC1=CCC(c2cc3nccc(Oc4ccc(NC(=O)C5(C(=O)Nc6ccccc6)CC5)cc4F)c3s2)O1. The molecule has 2 aromatic carbocycles. The maximum Gasteiger partial charge on any atom is 0.240 e. The highest BCUT2D eigenvalue weighted by molar-refractivity contribution is 7.19. The number of ether oxygens (including phenoxy) is 3. The molecule has 3 heterocycles. The topological polar surface area (TPSA) is 111 Å². The summed E-state index contributed by atoms with van der Waals surface area (Å²) in [6, 6.07) is 16.8. The molecule has 43 heavy (non-hydrogen) atoms. The Morgan fingerprint density at radius 3 is 2.58 bits per heavy atom. The number of benzene rings is 2. The maximum absolute atomic E-state index is 15.2. The third-order valence-electron chi connectivity index (χ3n) is 7.41. The van der Waals surface area contributed by atoms with Crippen LogP contribution < -0.4 is 20.7 Å². The molecule has 2 aliphatic rings. The van der Waals surface area contributed by atoms with Crippen LogP contribution in [0.4, 0.5) is 15.8 Å². The van der Waals surface area contributed by atoms with E-state index in [1.54, 1.807) is 49.7 Å². The van der Waals surface area contributed by atoms with Crippen LogP contribution in [0.5, 0.6) is 11.5 Å². The molecule has 0 bridgehead atoms. The van der Waals surface area contributed by atoms with Crippen molar-refractivity contribution in [3.05, 3.63) is 89.4 Å². The minimum Gasteiger partial charge on any atom is -0.488 e. The van der Waals surface area contributed by atoms with Gasteiger partial charge in [-0.25, -0.2) is 4.39 Å². The van der Waals surface area contributed by atoms with Gasteiger partial charge in [-0.2, -0.15) is 0 Å². The number of amides is 2. The second-order valence-corrected chi connectivity index (χ2v) is 11.5. The molecule has 222 valence electrons. The molecule has 0 radical (unpaired) electrons. The van der Waals surface area contributed by atoms with Gasteiger partial charge in [0.05, 0.1) is 23.4 Å². The lowest BCUT2D eigenvalue weighted by Gasteiger charge is -2.16. The molecule has 2 amide bonds. The number of para-hydroxylation sites is 1. The van der Waals surface area contributed by atoms with E-state index in [-0.39, 0.29) is 23.4 Å². The number of hydrogen-bond acceptors (Lipinski definition) is 8. The molecule has 1 fully saturated rings. The van der Waals surface area contributed by atoms with Gasteiger partial charge in [0, 0.05) is 54.7 Å².